The number of hydrogen-bond acceptors (Lipinski definition) is 2. The second-order valence-electron chi connectivity index (χ2n) is 5.45. The van der Waals surface area contributed by atoms with Crippen LogP contribution in [0, 0.1) is 17.6 Å². The van der Waals surface area contributed by atoms with Crippen LogP contribution in [-0.4, -0.2) is 11.9 Å². The van der Waals surface area contributed by atoms with Crippen molar-refractivity contribution in [2.24, 2.45) is 11.7 Å². The summed E-state index contributed by atoms with van der Waals surface area (Å²) >= 11 is 0. The Kier molecular flexibility index (Phi) is 4.57. The first-order chi connectivity index (χ1) is 9.51. The maximum absolute atomic E-state index is 13.7. The van der Waals surface area contributed by atoms with Gasteiger partial charge in [-0.15, -0.1) is 0 Å². The van der Waals surface area contributed by atoms with Gasteiger partial charge < -0.3 is 11.1 Å². The monoisotopic (exact) mass is 282 g/mol. The predicted molar refractivity (Wildman–Crippen MR) is 74.5 cm³/mol. The van der Waals surface area contributed by atoms with Crippen molar-refractivity contribution < 1.29 is 13.6 Å². The smallest absolute Gasteiger partial charge is 0.251 e. The highest BCUT2D eigenvalue weighted by Crippen LogP contribution is 2.29. The summed E-state index contributed by atoms with van der Waals surface area (Å²) in [6.45, 7) is 2.18. The third-order valence-electron chi connectivity index (χ3n) is 4.11. The topological polar surface area (TPSA) is 55.1 Å². The molecular weight excluding hydrogens is 262 g/mol. The summed E-state index contributed by atoms with van der Waals surface area (Å²) in [6.07, 6.45) is 5.31. The van der Waals surface area contributed by atoms with Crippen molar-refractivity contribution in [2.45, 2.75) is 45.1 Å². The Bertz CT molecular complexity index is 497. The molecule has 5 heteroatoms. The molecule has 2 rings (SSSR count). The Morgan fingerprint density at radius 1 is 1.25 bits per heavy atom. The quantitative estimate of drug-likeness (QED) is 0.888. The van der Waals surface area contributed by atoms with Gasteiger partial charge in [-0.1, -0.05) is 13.3 Å². The maximum Gasteiger partial charge on any atom is 0.251 e. The van der Waals surface area contributed by atoms with Gasteiger partial charge in [-0.3, -0.25) is 4.79 Å². The summed E-state index contributed by atoms with van der Waals surface area (Å²) in [7, 11) is 0. The molecule has 0 aromatic heterocycles. The molecule has 3 N–H and O–H groups in total. The molecule has 0 bridgehead atoms. The van der Waals surface area contributed by atoms with E-state index >= 15 is 0 Å². The molecule has 1 aromatic rings. The zero-order valence-corrected chi connectivity index (χ0v) is 11.6. The Morgan fingerprint density at radius 2 is 1.90 bits per heavy atom. The average Bonchev–Trinajstić information content (AvgIpc) is 2.42. The number of nitrogens with two attached hydrogens (primary N) is 1. The van der Waals surface area contributed by atoms with Gasteiger partial charge in [-0.25, -0.2) is 8.78 Å². The van der Waals surface area contributed by atoms with Crippen molar-refractivity contribution in [1.82, 2.24) is 0 Å². The predicted octanol–water partition coefficient (Wildman–Crippen LogP) is 3.44. The molecule has 1 amide bonds. The van der Waals surface area contributed by atoms with Gasteiger partial charge in [0.15, 0.2) is 0 Å². The van der Waals surface area contributed by atoms with E-state index in [1.807, 2.05) is 0 Å². The van der Waals surface area contributed by atoms with Crippen LogP contribution in [0.3, 0.4) is 0 Å². The molecule has 1 aliphatic rings. The molecule has 20 heavy (non-hydrogen) atoms. The van der Waals surface area contributed by atoms with E-state index < -0.39 is 17.5 Å². The van der Waals surface area contributed by atoms with Gasteiger partial charge in [0.2, 0.25) is 0 Å². The van der Waals surface area contributed by atoms with Gasteiger partial charge in [0.25, 0.3) is 5.91 Å². The van der Waals surface area contributed by atoms with Crippen LogP contribution in [0.2, 0.25) is 0 Å². The van der Waals surface area contributed by atoms with Gasteiger partial charge in [0.1, 0.15) is 11.6 Å². The number of halogens is 2. The highest BCUT2D eigenvalue weighted by molar-refractivity contribution is 5.94. The van der Waals surface area contributed by atoms with Crippen LogP contribution in [0.1, 0.15) is 49.4 Å². The number of amides is 1. The Morgan fingerprint density at radius 3 is 2.45 bits per heavy atom. The van der Waals surface area contributed by atoms with Gasteiger partial charge in [0, 0.05) is 12.1 Å². The third-order valence-corrected chi connectivity index (χ3v) is 4.11. The lowest BCUT2D eigenvalue weighted by Crippen LogP contribution is -2.26. The second-order valence-corrected chi connectivity index (χ2v) is 5.45. The summed E-state index contributed by atoms with van der Waals surface area (Å²) in [4.78, 5) is 11.1. The van der Waals surface area contributed by atoms with Crippen LogP contribution < -0.4 is 11.1 Å². The number of benzene rings is 1. The van der Waals surface area contributed by atoms with E-state index in [1.54, 1.807) is 0 Å². The van der Waals surface area contributed by atoms with Crippen molar-refractivity contribution in [2.75, 3.05) is 5.32 Å². The van der Waals surface area contributed by atoms with Crippen LogP contribution in [0.25, 0.3) is 0 Å². The largest absolute Gasteiger partial charge is 0.380 e. The standard InChI is InChI=1S/C15H20F2N2O/c1-2-9-3-5-10(6-4-9)19-14-7-11(15(18)20)12(16)8-13(14)17/h7-10,19H,2-6H2,1H3,(H2,18,20). The van der Waals surface area contributed by atoms with E-state index in [4.69, 9.17) is 5.73 Å². The summed E-state index contributed by atoms with van der Waals surface area (Å²) in [5.41, 5.74) is 4.95. The van der Waals surface area contributed by atoms with E-state index in [2.05, 4.69) is 12.2 Å². The zero-order valence-electron chi connectivity index (χ0n) is 11.6. The SMILES string of the molecule is CCC1CCC(Nc2cc(C(N)=O)c(F)cc2F)CC1. The molecule has 1 saturated carbocycles. The lowest BCUT2D eigenvalue weighted by molar-refractivity contribution is 0.0996. The Balaban J connectivity index is 2.10. The van der Waals surface area contributed by atoms with Crippen molar-refractivity contribution in [3.8, 4) is 0 Å². The molecule has 0 atom stereocenters. The number of rotatable bonds is 4. The fourth-order valence-corrected chi connectivity index (χ4v) is 2.78. The van der Waals surface area contributed by atoms with Crippen LogP contribution in [0.4, 0.5) is 14.5 Å². The minimum absolute atomic E-state index is 0.153. The molecule has 0 spiro atoms. The molecule has 0 saturated heterocycles. The van der Waals surface area contributed by atoms with E-state index in [-0.39, 0.29) is 17.3 Å². The van der Waals surface area contributed by atoms with Crippen LogP contribution in [0.5, 0.6) is 0 Å². The van der Waals surface area contributed by atoms with Crippen molar-refractivity contribution >= 4 is 11.6 Å². The number of primary amides is 1. The Labute approximate surface area is 117 Å². The van der Waals surface area contributed by atoms with Gasteiger partial charge >= 0.3 is 0 Å². The van der Waals surface area contributed by atoms with E-state index in [1.165, 1.54) is 12.5 Å². The number of hydrogen-bond donors (Lipinski definition) is 2. The second kappa shape index (κ2) is 6.20. The molecule has 1 aliphatic carbocycles. The molecule has 110 valence electrons. The first kappa shape index (κ1) is 14.8. The minimum atomic E-state index is -0.921. The lowest BCUT2D eigenvalue weighted by Gasteiger charge is -2.29. The van der Waals surface area contributed by atoms with Crippen molar-refractivity contribution in [1.29, 1.82) is 0 Å². The van der Waals surface area contributed by atoms with E-state index in [9.17, 15) is 13.6 Å². The summed E-state index contributed by atoms with van der Waals surface area (Å²) in [6, 6.07) is 2.04. The molecule has 3 nitrogen and oxygen atoms in total. The minimum Gasteiger partial charge on any atom is -0.380 e. The molecule has 0 heterocycles. The molecule has 0 aliphatic heterocycles. The van der Waals surface area contributed by atoms with E-state index in [0.717, 1.165) is 31.6 Å². The summed E-state index contributed by atoms with van der Waals surface area (Å²) in [5.74, 6) is -1.76. The lowest BCUT2D eigenvalue weighted by atomic mass is 9.84. The van der Waals surface area contributed by atoms with Crippen molar-refractivity contribution in [3.05, 3.63) is 29.3 Å². The van der Waals surface area contributed by atoms with Crippen LogP contribution in [-0.2, 0) is 0 Å². The highest BCUT2D eigenvalue weighted by Gasteiger charge is 2.21. The molecule has 0 radical (unpaired) electrons. The highest BCUT2D eigenvalue weighted by atomic mass is 19.1. The average molecular weight is 282 g/mol. The van der Waals surface area contributed by atoms with Gasteiger partial charge in [-0.05, 0) is 37.7 Å². The zero-order chi connectivity index (χ0) is 14.7. The molecule has 1 fully saturated rings. The third kappa shape index (κ3) is 3.26. The number of nitrogens with one attached hydrogen (secondary N) is 1. The first-order valence-electron chi connectivity index (χ1n) is 7.06. The summed E-state index contributed by atoms with van der Waals surface area (Å²) in [5, 5.41) is 3.07. The van der Waals surface area contributed by atoms with Gasteiger partial charge in [0.05, 0.1) is 11.3 Å². The van der Waals surface area contributed by atoms with Crippen LogP contribution >= 0.6 is 0 Å². The molecule has 0 unspecified atom stereocenters. The molecular formula is C15H20F2N2O. The Hall–Kier alpha value is -1.65. The van der Waals surface area contributed by atoms with Crippen LogP contribution in [0.15, 0.2) is 12.1 Å². The van der Waals surface area contributed by atoms with E-state index in [0.29, 0.717) is 6.07 Å². The summed E-state index contributed by atoms with van der Waals surface area (Å²) < 4.78 is 27.1. The number of carbonyl (C=O) groups excluding carboxylic acids is 1. The fourth-order valence-electron chi connectivity index (χ4n) is 2.78. The first-order valence-corrected chi connectivity index (χ1v) is 7.06. The van der Waals surface area contributed by atoms with Gasteiger partial charge in [-0.2, -0.15) is 0 Å². The number of anilines is 1. The van der Waals surface area contributed by atoms with Crippen molar-refractivity contribution in [3.63, 3.8) is 0 Å². The molecule has 1 aromatic carbocycles. The fraction of sp³-hybridized carbons (Fsp3) is 0.533. The maximum atomic E-state index is 13.7. The normalized spacial score (nSPS) is 22.6. The number of carbonyl (C=O) groups is 1.